The van der Waals surface area contributed by atoms with Gasteiger partial charge in [0.2, 0.25) is 0 Å². The van der Waals surface area contributed by atoms with E-state index in [1.54, 1.807) is 4.90 Å². The Bertz CT molecular complexity index is 666. The van der Waals surface area contributed by atoms with E-state index in [1.807, 2.05) is 20.8 Å². The predicted octanol–water partition coefficient (Wildman–Crippen LogP) is 2.62. The van der Waals surface area contributed by atoms with Gasteiger partial charge in [-0.15, -0.1) is 0 Å². The largest absolute Gasteiger partial charge is 0.337 e. The Morgan fingerprint density at radius 1 is 1.00 bits per heavy atom. The number of piperazine rings is 1. The number of rotatable bonds is 2. The van der Waals surface area contributed by atoms with Gasteiger partial charge in [0.25, 0.3) is 5.91 Å². The minimum absolute atomic E-state index is 0.0440. The number of halogens is 3. The van der Waals surface area contributed by atoms with E-state index in [2.05, 4.69) is 5.32 Å². The highest BCUT2D eigenvalue weighted by Crippen LogP contribution is 2.18. The third-order valence-electron chi connectivity index (χ3n) is 3.89. The van der Waals surface area contributed by atoms with E-state index in [0.717, 1.165) is 12.1 Å². The molecule has 1 aromatic rings. The van der Waals surface area contributed by atoms with Crippen molar-refractivity contribution in [1.29, 1.82) is 0 Å². The van der Waals surface area contributed by atoms with Crippen LogP contribution in [0.25, 0.3) is 0 Å². The highest BCUT2D eigenvalue weighted by atomic mass is 19.2. The molecule has 25 heavy (non-hydrogen) atoms. The summed E-state index contributed by atoms with van der Waals surface area (Å²) < 4.78 is 40.0. The van der Waals surface area contributed by atoms with Crippen LogP contribution >= 0.6 is 0 Å². The van der Waals surface area contributed by atoms with E-state index >= 15 is 0 Å². The first-order chi connectivity index (χ1) is 11.6. The Hall–Kier alpha value is -2.25. The van der Waals surface area contributed by atoms with Gasteiger partial charge >= 0.3 is 6.03 Å². The number of carbonyl (C=O) groups is 2. The summed E-state index contributed by atoms with van der Waals surface area (Å²) in [7, 11) is 0. The van der Waals surface area contributed by atoms with Crippen molar-refractivity contribution in [3.8, 4) is 0 Å². The number of urea groups is 1. The van der Waals surface area contributed by atoms with Gasteiger partial charge in [-0.25, -0.2) is 18.0 Å². The standard InChI is InChI=1S/C17H22F3N3O2/c1-17(2,3)10-21-16(25)23-8-6-22(7-9-23)15(24)11-4-5-12(18)14(20)13(11)19/h4-5H,6-10H2,1-3H3,(H,21,25). The number of nitrogens with one attached hydrogen (secondary N) is 1. The van der Waals surface area contributed by atoms with Crippen molar-refractivity contribution in [3.05, 3.63) is 35.1 Å². The van der Waals surface area contributed by atoms with Gasteiger partial charge in [-0.3, -0.25) is 4.79 Å². The molecule has 0 aliphatic carbocycles. The maximum atomic E-state index is 13.7. The molecule has 1 saturated heterocycles. The van der Waals surface area contributed by atoms with Gasteiger partial charge in [0.05, 0.1) is 5.56 Å². The van der Waals surface area contributed by atoms with Gasteiger partial charge in [0.15, 0.2) is 17.5 Å². The van der Waals surface area contributed by atoms with Crippen LogP contribution < -0.4 is 5.32 Å². The molecular formula is C17H22F3N3O2. The fourth-order valence-electron chi connectivity index (χ4n) is 2.43. The smallest absolute Gasteiger partial charge is 0.317 e. The summed E-state index contributed by atoms with van der Waals surface area (Å²) in [6, 6.07) is 1.43. The zero-order valence-electron chi connectivity index (χ0n) is 14.5. The zero-order valence-corrected chi connectivity index (χ0v) is 14.5. The molecule has 0 bridgehead atoms. The quantitative estimate of drug-likeness (QED) is 0.828. The van der Waals surface area contributed by atoms with E-state index in [0.29, 0.717) is 6.54 Å². The summed E-state index contributed by atoms with van der Waals surface area (Å²) in [4.78, 5) is 27.3. The Balaban J connectivity index is 1.95. The third-order valence-corrected chi connectivity index (χ3v) is 3.89. The Morgan fingerprint density at radius 2 is 1.56 bits per heavy atom. The first-order valence-corrected chi connectivity index (χ1v) is 8.06. The molecule has 1 aliphatic heterocycles. The van der Waals surface area contributed by atoms with Crippen molar-refractivity contribution in [2.45, 2.75) is 20.8 Å². The molecule has 0 radical (unpaired) electrons. The predicted molar refractivity (Wildman–Crippen MR) is 86.6 cm³/mol. The fraction of sp³-hybridized carbons (Fsp3) is 0.529. The number of hydrogen-bond acceptors (Lipinski definition) is 2. The fourth-order valence-corrected chi connectivity index (χ4v) is 2.43. The van der Waals surface area contributed by atoms with Crippen LogP contribution in [0, 0.1) is 22.9 Å². The Kier molecular flexibility index (Phi) is 5.59. The minimum Gasteiger partial charge on any atom is -0.337 e. The first-order valence-electron chi connectivity index (χ1n) is 8.06. The van der Waals surface area contributed by atoms with E-state index in [1.165, 1.54) is 4.90 Å². The number of hydrogen-bond donors (Lipinski definition) is 1. The van der Waals surface area contributed by atoms with Crippen LogP contribution in [0.4, 0.5) is 18.0 Å². The second-order valence-corrected chi connectivity index (χ2v) is 7.22. The van der Waals surface area contributed by atoms with E-state index < -0.39 is 28.9 Å². The molecular weight excluding hydrogens is 335 g/mol. The summed E-state index contributed by atoms with van der Waals surface area (Å²) in [5.41, 5.74) is -0.554. The molecule has 138 valence electrons. The maximum absolute atomic E-state index is 13.7. The van der Waals surface area contributed by atoms with Crippen molar-refractivity contribution in [2.75, 3.05) is 32.7 Å². The Morgan fingerprint density at radius 3 is 2.12 bits per heavy atom. The van der Waals surface area contributed by atoms with E-state index in [-0.39, 0.29) is 37.6 Å². The average Bonchev–Trinajstić information content (AvgIpc) is 2.56. The molecule has 1 aliphatic rings. The van der Waals surface area contributed by atoms with Crippen molar-refractivity contribution < 1.29 is 22.8 Å². The number of nitrogens with zero attached hydrogens (tertiary/aromatic N) is 2. The van der Waals surface area contributed by atoms with Crippen LogP contribution in [0.5, 0.6) is 0 Å². The normalized spacial score (nSPS) is 15.3. The molecule has 3 amide bonds. The van der Waals surface area contributed by atoms with Crippen LogP contribution in [0.2, 0.25) is 0 Å². The van der Waals surface area contributed by atoms with Crippen molar-refractivity contribution in [1.82, 2.24) is 15.1 Å². The molecule has 5 nitrogen and oxygen atoms in total. The number of benzene rings is 1. The molecule has 0 saturated carbocycles. The average molecular weight is 357 g/mol. The van der Waals surface area contributed by atoms with Gasteiger partial charge < -0.3 is 15.1 Å². The van der Waals surface area contributed by atoms with Crippen LogP contribution in [-0.2, 0) is 0 Å². The van der Waals surface area contributed by atoms with Gasteiger partial charge in [-0.1, -0.05) is 20.8 Å². The number of carbonyl (C=O) groups excluding carboxylic acids is 2. The number of amides is 3. The van der Waals surface area contributed by atoms with Crippen LogP contribution in [0.15, 0.2) is 12.1 Å². The molecule has 1 N–H and O–H groups in total. The summed E-state index contributed by atoms with van der Waals surface area (Å²) >= 11 is 0. The second-order valence-electron chi connectivity index (χ2n) is 7.22. The van der Waals surface area contributed by atoms with Gasteiger partial charge in [0, 0.05) is 32.7 Å². The molecule has 1 fully saturated rings. The van der Waals surface area contributed by atoms with Crippen molar-refractivity contribution >= 4 is 11.9 Å². The van der Waals surface area contributed by atoms with Crippen LogP contribution in [-0.4, -0.2) is 54.5 Å². The third kappa shape index (κ3) is 4.64. The molecule has 0 aromatic heterocycles. The second kappa shape index (κ2) is 7.33. The van der Waals surface area contributed by atoms with Crippen LogP contribution in [0.3, 0.4) is 0 Å². The topological polar surface area (TPSA) is 52.7 Å². The minimum atomic E-state index is -1.66. The molecule has 2 rings (SSSR count). The SMILES string of the molecule is CC(C)(C)CNC(=O)N1CCN(C(=O)c2ccc(F)c(F)c2F)CC1. The molecule has 0 unspecified atom stereocenters. The lowest BCUT2D eigenvalue weighted by Gasteiger charge is -2.35. The maximum Gasteiger partial charge on any atom is 0.317 e. The monoisotopic (exact) mass is 357 g/mol. The van der Waals surface area contributed by atoms with E-state index in [9.17, 15) is 22.8 Å². The van der Waals surface area contributed by atoms with E-state index in [4.69, 9.17) is 0 Å². The van der Waals surface area contributed by atoms with Crippen molar-refractivity contribution in [2.24, 2.45) is 5.41 Å². The van der Waals surface area contributed by atoms with Gasteiger partial charge in [0.1, 0.15) is 0 Å². The summed E-state index contributed by atoms with van der Waals surface area (Å²) in [6.07, 6.45) is 0. The molecule has 0 atom stereocenters. The molecule has 0 spiro atoms. The van der Waals surface area contributed by atoms with Gasteiger partial charge in [-0.2, -0.15) is 0 Å². The molecule has 1 aromatic carbocycles. The summed E-state index contributed by atoms with van der Waals surface area (Å²) in [5, 5.41) is 2.82. The van der Waals surface area contributed by atoms with Crippen molar-refractivity contribution in [3.63, 3.8) is 0 Å². The Labute approximate surface area is 144 Å². The zero-order chi connectivity index (χ0) is 18.8. The molecule has 1 heterocycles. The van der Waals surface area contributed by atoms with Crippen LogP contribution in [0.1, 0.15) is 31.1 Å². The highest BCUT2D eigenvalue weighted by Gasteiger charge is 2.28. The lowest BCUT2D eigenvalue weighted by molar-refractivity contribution is 0.0658. The molecule has 8 heteroatoms. The summed E-state index contributed by atoms with van der Waals surface area (Å²) in [5.74, 6) is -5.21. The lowest BCUT2D eigenvalue weighted by atomic mass is 9.97. The first kappa shape index (κ1) is 19.1. The highest BCUT2D eigenvalue weighted by molar-refractivity contribution is 5.94. The van der Waals surface area contributed by atoms with Gasteiger partial charge in [-0.05, 0) is 17.5 Å². The lowest BCUT2D eigenvalue weighted by Crippen LogP contribution is -2.54. The summed E-state index contributed by atoms with van der Waals surface area (Å²) in [6.45, 7) is 7.48.